The lowest BCUT2D eigenvalue weighted by molar-refractivity contribution is -0.192. The van der Waals surface area contributed by atoms with Crippen molar-refractivity contribution < 1.29 is 41.4 Å². The number of alkyl halides is 3. The van der Waals surface area contributed by atoms with Gasteiger partial charge in [0.05, 0.1) is 16.1 Å². The monoisotopic (exact) mass is 516 g/mol. The second-order valence-electron chi connectivity index (χ2n) is 8.24. The molecule has 0 saturated heterocycles. The Balaban J connectivity index is 0.000000540. The summed E-state index contributed by atoms with van der Waals surface area (Å²) >= 11 is 0. The molecule has 0 radical (unpaired) electrons. The number of benzene rings is 2. The molecule has 35 heavy (non-hydrogen) atoms. The molecule has 3 N–H and O–H groups in total. The van der Waals surface area contributed by atoms with E-state index in [0.717, 1.165) is 12.8 Å². The highest BCUT2D eigenvalue weighted by Gasteiger charge is 2.38. The maximum atomic E-state index is 12.7. The number of hydrogen-bond donors (Lipinski definition) is 3. The topological polar surface area (TPSA) is 124 Å². The smallest absolute Gasteiger partial charge is 0.478 e. The van der Waals surface area contributed by atoms with E-state index in [1.807, 2.05) is 12.1 Å². The van der Waals surface area contributed by atoms with Gasteiger partial charge in [-0.3, -0.25) is 4.72 Å². The molecular formula is C23H27F3N2O6S. The number of anilines is 2. The van der Waals surface area contributed by atoms with Crippen LogP contribution in [0.4, 0.5) is 24.5 Å². The Morgan fingerprint density at radius 3 is 1.97 bits per heavy atom. The highest BCUT2D eigenvalue weighted by Crippen LogP contribution is 2.33. The number of halogens is 3. The minimum absolute atomic E-state index is 0.0397. The zero-order chi connectivity index (χ0) is 26.4. The molecule has 0 heterocycles. The molecule has 0 aromatic heterocycles. The Labute approximate surface area is 201 Å². The number of rotatable bonds is 6. The van der Waals surface area contributed by atoms with Gasteiger partial charge >= 0.3 is 18.1 Å². The highest BCUT2D eigenvalue weighted by molar-refractivity contribution is 7.92. The van der Waals surface area contributed by atoms with Gasteiger partial charge in [-0.1, -0.05) is 31.4 Å². The molecule has 1 aliphatic carbocycles. The normalized spacial score (nSPS) is 14.4. The van der Waals surface area contributed by atoms with E-state index in [2.05, 4.69) is 4.72 Å². The summed E-state index contributed by atoms with van der Waals surface area (Å²) in [6.07, 6.45) is 0.946. The first-order valence-electron chi connectivity index (χ1n) is 10.7. The van der Waals surface area contributed by atoms with Crippen LogP contribution >= 0.6 is 0 Å². The molecule has 0 spiro atoms. The summed E-state index contributed by atoms with van der Waals surface area (Å²) in [6.45, 7) is 0. The standard InChI is InChI=1S/C21H26N2O4S.C2HF3O2/c1-23(2)20-13-10-17(14-19(20)21(24)25)22-28(26,27)18-11-8-16(9-12-18)15-6-4-3-5-7-15;3-2(4,5)1(6)7/h8-15,22H,3-7H2,1-2H3,(H,24,25);(H,6,7). The van der Waals surface area contributed by atoms with Gasteiger partial charge in [0.15, 0.2) is 0 Å². The fraction of sp³-hybridized carbons (Fsp3) is 0.391. The maximum absolute atomic E-state index is 12.7. The Morgan fingerprint density at radius 1 is 0.971 bits per heavy atom. The van der Waals surface area contributed by atoms with Gasteiger partial charge in [-0.2, -0.15) is 13.2 Å². The van der Waals surface area contributed by atoms with Crippen molar-refractivity contribution in [3.63, 3.8) is 0 Å². The van der Waals surface area contributed by atoms with Crippen LogP contribution in [0.2, 0.25) is 0 Å². The van der Waals surface area contributed by atoms with Gasteiger partial charge < -0.3 is 15.1 Å². The summed E-state index contributed by atoms with van der Waals surface area (Å²) in [6, 6.07) is 11.5. The number of nitrogens with zero attached hydrogens (tertiary/aromatic N) is 1. The molecule has 0 amide bonds. The third kappa shape index (κ3) is 7.88. The summed E-state index contributed by atoms with van der Waals surface area (Å²) < 4.78 is 59.7. The van der Waals surface area contributed by atoms with E-state index >= 15 is 0 Å². The highest BCUT2D eigenvalue weighted by atomic mass is 32.2. The van der Waals surface area contributed by atoms with Crippen molar-refractivity contribution >= 4 is 33.3 Å². The second-order valence-corrected chi connectivity index (χ2v) is 9.93. The first-order chi connectivity index (χ1) is 16.2. The molecule has 192 valence electrons. The molecule has 2 aromatic carbocycles. The number of carboxylic acid groups (broad SMARTS) is 2. The van der Waals surface area contributed by atoms with Crippen molar-refractivity contribution in [1.29, 1.82) is 0 Å². The first kappa shape index (κ1) is 28.0. The lowest BCUT2D eigenvalue weighted by atomic mass is 9.84. The Kier molecular flexibility index (Phi) is 9.13. The predicted octanol–water partition coefficient (Wildman–Crippen LogP) is 4.93. The van der Waals surface area contributed by atoms with Gasteiger partial charge in [-0.25, -0.2) is 18.0 Å². The SMILES string of the molecule is CN(C)c1ccc(NS(=O)(=O)c2ccc(C3CCCCC3)cc2)cc1C(=O)O.O=C(O)C(F)(F)F. The van der Waals surface area contributed by atoms with Crippen LogP contribution in [0.25, 0.3) is 0 Å². The van der Waals surface area contributed by atoms with E-state index in [4.69, 9.17) is 9.90 Å². The van der Waals surface area contributed by atoms with Gasteiger partial charge in [0.1, 0.15) is 0 Å². The molecule has 3 rings (SSSR count). The average Bonchev–Trinajstić information content (AvgIpc) is 2.79. The van der Waals surface area contributed by atoms with Gasteiger partial charge in [-0.05, 0) is 54.7 Å². The van der Waals surface area contributed by atoms with Crippen molar-refractivity contribution in [3.05, 3.63) is 53.6 Å². The van der Waals surface area contributed by atoms with Crippen LogP contribution in [-0.2, 0) is 14.8 Å². The summed E-state index contributed by atoms with van der Waals surface area (Å²) in [5.74, 6) is -3.36. The van der Waals surface area contributed by atoms with Crippen molar-refractivity contribution in [2.24, 2.45) is 0 Å². The average molecular weight is 517 g/mol. The van der Waals surface area contributed by atoms with Gasteiger partial charge in [0, 0.05) is 19.8 Å². The van der Waals surface area contributed by atoms with Gasteiger partial charge in [0.2, 0.25) is 0 Å². The van der Waals surface area contributed by atoms with E-state index in [-0.39, 0.29) is 16.1 Å². The largest absolute Gasteiger partial charge is 0.490 e. The number of carboxylic acids is 2. The van der Waals surface area contributed by atoms with E-state index in [1.54, 1.807) is 43.3 Å². The minimum Gasteiger partial charge on any atom is -0.478 e. The minimum atomic E-state index is -5.08. The number of carbonyl (C=O) groups is 2. The lowest BCUT2D eigenvalue weighted by Crippen LogP contribution is -2.21. The Morgan fingerprint density at radius 2 is 1.51 bits per heavy atom. The van der Waals surface area contributed by atoms with E-state index in [9.17, 15) is 31.5 Å². The number of hydrogen-bond acceptors (Lipinski definition) is 5. The second kappa shape index (κ2) is 11.4. The van der Waals surface area contributed by atoms with Gasteiger partial charge in [-0.15, -0.1) is 0 Å². The Bertz CT molecular complexity index is 1140. The molecule has 0 bridgehead atoms. The van der Waals surface area contributed by atoms with Gasteiger partial charge in [0.25, 0.3) is 10.0 Å². The fourth-order valence-corrected chi connectivity index (χ4v) is 4.78. The van der Waals surface area contributed by atoms with Crippen LogP contribution < -0.4 is 9.62 Å². The molecule has 1 fully saturated rings. The summed E-state index contributed by atoms with van der Waals surface area (Å²) in [5, 5.41) is 16.5. The predicted molar refractivity (Wildman–Crippen MR) is 124 cm³/mol. The molecule has 2 aromatic rings. The quantitative estimate of drug-likeness (QED) is 0.497. The fourth-order valence-electron chi connectivity index (χ4n) is 3.73. The molecule has 1 aliphatic rings. The van der Waals surface area contributed by atoms with Crippen LogP contribution in [0.3, 0.4) is 0 Å². The maximum Gasteiger partial charge on any atom is 0.490 e. The lowest BCUT2D eigenvalue weighted by Gasteiger charge is -2.22. The van der Waals surface area contributed by atoms with Crippen LogP contribution in [-0.4, -0.2) is 50.8 Å². The molecule has 0 aliphatic heterocycles. The van der Waals surface area contributed by atoms with Crippen LogP contribution in [0.5, 0.6) is 0 Å². The molecule has 12 heteroatoms. The van der Waals surface area contributed by atoms with Crippen LogP contribution in [0.1, 0.15) is 53.9 Å². The third-order valence-corrected chi connectivity index (χ3v) is 6.87. The zero-order valence-electron chi connectivity index (χ0n) is 19.2. The number of sulfonamides is 1. The number of nitrogens with one attached hydrogen (secondary N) is 1. The first-order valence-corrected chi connectivity index (χ1v) is 12.2. The summed E-state index contributed by atoms with van der Waals surface area (Å²) in [5.41, 5.74) is 1.95. The molecule has 8 nitrogen and oxygen atoms in total. The van der Waals surface area contributed by atoms with E-state index < -0.39 is 28.1 Å². The summed E-state index contributed by atoms with van der Waals surface area (Å²) in [7, 11) is -0.322. The molecule has 1 saturated carbocycles. The van der Waals surface area contributed by atoms with Crippen LogP contribution in [0, 0.1) is 0 Å². The molecular weight excluding hydrogens is 489 g/mol. The molecule has 0 atom stereocenters. The van der Waals surface area contributed by atoms with Crippen molar-refractivity contribution in [2.75, 3.05) is 23.7 Å². The van der Waals surface area contributed by atoms with Crippen molar-refractivity contribution in [3.8, 4) is 0 Å². The van der Waals surface area contributed by atoms with Crippen molar-refractivity contribution in [2.45, 2.75) is 49.1 Å². The van der Waals surface area contributed by atoms with Crippen LogP contribution in [0.15, 0.2) is 47.4 Å². The third-order valence-electron chi connectivity index (χ3n) is 5.47. The Hall–Kier alpha value is -3.28. The van der Waals surface area contributed by atoms with E-state index in [1.165, 1.54) is 30.9 Å². The zero-order valence-corrected chi connectivity index (χ0v) is 20.0. The van der Waals surface area contributed by atoms with E-state index in [0.29, 0.717) is 11.6 Å². The summed E-state index contributed by atoms with van der Waals surface area (Å²) in [4.78, 5) is 22.2. The van der Waals surface area contributed by atoms with Crippen molar-refractivity contribution in [1.82, 2.24) is 0 Å². The molecule has 0 unspecified atom stereocenters. The number of aliphatic carboxylic acids is 1. The number of aromatic carboxylic acids is 1.